The summed E-state index contributed by atoms with van der Waals surface area (Å²) < 4.78 is 10.3. The predicted molar refractivity (Wildman–Crippen MR) is 31.9 cm³/mol. The molecular weight excluding hydrogens is 134 g/mol. The number of nitrogens with two attached hydrogens (primary N) is 1. The highest BCUT2D eigenvalue weighted by molar-refractivity contribution is 5.91. The minimum atomic E-state index is -0.863. The molecule has 2 atom stereocenters. The summed E-state index contributed by atoms with van der Waals surface area (Å²) >= 11 is 0. The van der Waals surface area contributed by atoms with Gasteiger partial charge in [0.1, 0.15) is 6.10 Å². The molecule has 2 aliphatic rings. The second kappa shape index (κ2) is 1.71. The summed E-state index contributed by atoms with van der Waals surface area (Å²) in [5, 5.41) is 0. The van der Waals surface area contributed by atoms with Gasteiger partial charge in [-0.2, -0.15) is 0 Å². The van der Waals surface area contributed by atoms with E-state index in [0.717, 1.165) is 0 Å². The van der Waals surface area contributed by atoms with Gasteiger partial charge in [0, 0.05) is 6.42 Å². The number of rotatable bonds is 1. The van der Waals surface area contributed by atoms with Gasteiger partial charge in [-0.05, 0) is 0 Å². The fourth-order valence-corrected chi connectivity index (χ4v) is 1.16. The molecule has 1 aliphatic carbocycles. The minimum Gasteiger partial charge on any atom is -0.372 e. The first-order valence-electron chi connectivity index (χ1n) is 3.17. The molecule has 1 aliphatic heterocycles. The summed E-state index contributed by atoms with van der Waals surface area (Å²) in [6.07, 6.45) is 1.50. The Bertz CT molecular complexity index is 182. The molecule has 10 heavy (non-hydrogen) atoms. The first-order valence-corrected chi connectivity index (χ1v) is 3.17. The third-order valence-corrected chi connectivity index (χ3v) is 1.82. The smallest absolute Gasteiger partial charge is 0.252 e. The predicted octanol–water partition coefficient (Wildman–Crippen LogP) is -1.16. The van der Waals surface area contributed by atoms with E-state index in [1.807, 2.05) is 0 Å². The summed E-state index contributed by atoms with van der Waals surface area (Å²) in [6, 6.07) is 0. The maximum atomic E-state index is 10.7. The van der Waals surface area contributed by atoms with Crippen LogP contribution in [0.2, 0.25) is 0 Å². The van der Waals surface area contributed by atoms with Crippen molar-refractivity contribution in [3.63, 3.8) is 0 Å². The molecule has 1 heterocycles. The SMILES string of the molecule is NC(=O)C12[CH]C1OCCO2. The number of amides is 1. The summed E-state index contributed by atoms with van der Waals surface area (Å²) in [7, 11) is 0. The zero-order valence-corrected chi connectivity index (χ0v) is 5.37. The van der Waals surface area contributed by atoms with Gasteiger partial charge in [0.05, 0.1) is 13.2 Å². The lowest BCUT2D eigenvalue weighted by atomic mass is 10.3. The fourth-order valence-electron chi connectivity index (χ4n) is 1.16. The highest BCUT2D eigenvalue weighted by Gasteiger charge is 2.64. The minimum absolute atomic E-state index is 0.182. The molecule has 2 unspecified atom stereocenters. The average Bonchev–Trinajstić information content (AvgIpc) is 2.61. The highest BCUT2D eigenvalue weighted by Crippen LogP contribution is 2.43. The molecule has 2 fully saturated rings. The van der Waals surface area contributed by atoms with Crippen LogP contribution in [0, 0.1) is 6.42 Å². The maximum Gasteiger partial charge on any atom is 0.252 e. The quantitative estimate of drug-likeness (QED) is 0.502. The average molecular weight is 142 g/mol. The van der Waals surface area contributed by atoms with Gasteiger partial charge in [-0.1, -0.05) is 0 Å². The molecule has 0 aromatic carbocycles. The Morgan fingerprint density at radius 1 is 1.70 bits per heavy atom. The monoisotopic (exact) mass is 142 g/mol. The van der Waals surface area contributed by atoms with Crippen LogP contribution >= 0.6 is 0 Å². The van der Waals surface area contributed by atoms with Crippen LogP contribution in [0.3, 0.4) is 0 Å². The fraction of sp³-hybridized carbons (Fsp3) is 0.667. The molecule has 1 saturated heterocycles. The molecule has 1 radical (unpaired) electrons. The van der Waals surface area contributed by atoms with Crippen molar-refractivity contribution in [1.82, 2.24) is 0 Å². The standard InChI is InChI=1S/C6H8NO3/c7-5(8)6-3-4(6)9-1-2-10-6/h3-4H,1-2H2,(H2,7,8). The van der Waals surface area contributed by atoms with Crippen LogP contribution in [0.5, 0.6) is 0 Å². The largest absolute Gasteiger partial charge is 0.372 e. The lowest BCUT2D eigenvalue weighted by Crippen LogP contribution is -2.41. The summed E-state index contributed by atoms with van der Waals surface area (Å²) in [4.78, 5) is 10.7. The lowest BCUT2D eigenvalue weighted by molar-refractivity contribution is -0.146. The van der Waals surface area contributed by atoms with Crippen LogP contribution < -0.4 is 5.73 Å². The lowest BCUT2D eigenvalue weighted by Gasteiger charge is -2.19. The molecule has 2 N–H and O–H groups in total. The molecule has 4 heteroatoms. The van der Waals surface area contributed by atoms with Crippen molar-refractivity contribution in [2.75, 3.05) is 13.2 Å². The highest BCUT2D eigenvalue weighted by atomic mass is 16.6. The molecule has 55 valence electrons. The molecule has 1 saturated carbocycles. The number of fused-ring (bicyclic) bond motifs is 1. The maximum absolute atomic E-state index is 10.7. The van der Waals surface area contributed by atoms with E-state index >= 15 is 0 Å². The van der Waals surface area contributed by atoms with Gasteiger partial charge in [-0.3, -0.25) is 4.79 Å². The normalized spacial score (nSPS) is 44.2. The molecular formula is C6H8NO3. The zero-order valence-electron chi connectivity index (χ0n) is 5.37. The van der Waals surface area contributed by atoms with Gasteiger partial charge in [0.25, 0.3) is 5.91 Å². The third-order valence-electron chi connectivity index (χ3n) is 1.82. The van der Waals surface area contributed by atoms with Gasteiger partial charge < -0.3 is 15.2 Å². The van der Waals surface area contributed by atoms with Crippen LogP contribution in [0.1, 0.15) is 0 Å². The second-order valence-electron chi connectivity index (χ2n) is 2.46. The third kappa shape index (κ3) is 0.602. The van der Waals surface area contributed by atoms with Crippen LogP contribution in [0.25, 0.3) is 0 Å². The molecule has 1 amide bonds. The van der Waals surface area contributed by atoms with E-state index in [2.05, 4.69) is 0 Å². The summed E-state index contributed by atoms with van der Waals surface area (Å²) in [5.74, 6) is -0.447. The number of ether oxygens (including phenoxy) is 2. The van der Waals surface area contributed by atoms with Crippen LogP contribution in [-0.4, -0.2) is 30.8 Å². The number of carbonyl (C=O) groups is 1. The van der Waals surface area contributed by atoms with Gasteiger partial charge in [0.15, 0.2) is 5.60 Å². The van der Waals surface area contributed by atoms with Crippen molar-refractivity contribution in [3.05, 3.63) is 6.42 Å². The van der Waals surface area contributed by atoms with Crippen LogP contribution in [0.15, 0.2) is 0 Å². The van der Waals surface area contributed by atoms with Crippen molar-refractivity contribution in [2.45, 2.75) is 11.7 Å². The number of carbonyl (C=O) groups excluding carboxylic acids is 1. The molecule has 0 spiro atoms. The van der Waals surface area contributed by atoms with Crippen molar-refractivity contribution >= 4 is 5.91 Å². The number of primary amides is 1. The van der Waals surface area contributed by atoms with Gasteiger partial charge in [-0.15, -0.1) is 0 Å². The van der Waals surface area contributed by atoms with Gasteiger partial charge in [0.2, 0.25) is 0 Å². The summed E-state index contributed by atoms with van der Waals surface area (Å²) in [5.41, 5.74) is 4.21. The van der Waals surface area contributed by atoms with Crippen molar-refractivity contribution in [3.8, 4) is 0 Å². The van der Waals surface area contributed by atoms with E-state index in [-0.39, 0.29) is 6.10 Å². The molecule has 0 aromatic rings. The molecule has 0 bridgehead atoms. The Morgan fingerprint density at radius 2 is 2.50 bits per heavy atom. The van der Waals surface area contributed by atoms with Gasteiger partial charge in [-0.25, -0.2) is 0 Å². The first kappa shape index (κ1) is 6.12. The van der Waals surface area contributed by atoms with E-state index in [1.54, 1.807) is 6.42 Å². The first-order chi connectivity index (χ1) is 4.76. The van der Waals surface area contributed by atoms with E-state index in [1.165, 1.54) is 0 Å². The second-order valence-corrected chi connectivity index (χ2v) is 2.46. The number of hydrogen-bond donors (Lipinski definition) is 1. The van der Waals surface area contributed by atoms with Crippen LogP contribution in [0.4, 0.5) is 0 Å². The van der Waals surface area contributed by atoms with Crippen molar-refractivity contribution in [1.29, 1.82) is 0 Å². The Hall–Kier alpha value is -0.610. The summed E-state index contributed by atoms with van der Waals surface area (Å²) in [6.45, 7) is 1.01. The zero-order chi connectivity index (χ0) is 7.19. The van der Waals surface area contributed by atoms with E-state index in [4.69, 9.17) is 15.2 Å². The Morgan fingerprint density at radius 3 is 3.00 bits per heavy atom. The Labute approximate surface area is 58.3 Å². The Kier molecular flexibility index (Phi) is 1.04. The van der Waals surface area contributed by atoms with E-state index in [0.29, 0.717) is 13.2 Å². The number of hydrogen-bond acceptors (Lipinski definition) is 3. The molecule has 0 aromatic heterocycles. The Balaban J connectivity index is 2.12. The van der Waals surface area contributed by atoms with E-state index in [9.17, 15) is 4.79 Å². The molecule has 2 rings (SSSR count). The topological polar surface area (TPSA) is 61.6 Å². The van der Waals surface area contributed by atoms with E-state index < -0.39 is 11.5 Å². The van der Waals surface area contributed by atoms with Crippen molar-refractivity contribution in [2.24, 2.45) is 5.73 Å². The van der Waals surface area contributed by atoms with Crippen molar-refractivity contribution < 1.29 is 14.3 Å². The van der Waals surface area contributed by atoms with Gasteiger partial charge >= 0.3 is 0 Å². The molecule has 4 nitrogen and oxygen atoms in total. The van der Waals surface area contributed by atoms with Crippen LogP contribution in [-0.2, 0) is 14.3 Å².